The van der Waals surface area contributed by atoms with Gasteiger partial charge in [-0.05, 0) is 64.4 Å². The molecule has 1 aromatic carbocycles. The smallest absolute Gasteiger partial charge is 0.258 e. The zero-order valence-corrected chi connectivity index (χ0v) is 19.3. The van der Waals surface area contributed by atoms with Crippen LogP contribution in [-0.4, -0.2) is 43.7 Å². The minimum absolute atomic E-state index is 0.126. The van der Waals surface area contributed by atoms with Gasteiger partial charge in [0, 0.05) is 12.6 Å². The summed E-state index contributed by atoms with van der Waals surface area (Å²) in [4.78, 5) is 14.7. The SMILES string of the molecule is CCOc1cc(C#N)cc(Br)c1OCC(=O)NCC(c1ccsc1)N(CC)CC. The van der Waals surface area contributed by atoms with Gasteiger partial charge in [0.25, 0.3) is 5.91 Å². The van der Waals surface area contributed by atoms with E-state index in [1.54, 1.807) is 23.5 Å². The van der Waals surface area contributed by atoms with Crippen molar-refractivity contribution in [3.8, 4) is 17.6 Å². The Hall–Kier alpha value is -2.08. The van der Waals surface area contributed by atoms with Crippen molar-refractivity contribution in [2.75, 3.05) is 32.8 Å². The Bertz CT molecular complexity index is 832. The van der Waals surface area contributed by atoms with Gasteiger partial charge in [-0.15, -0.1) is 0 Å². The number of thiophene rings is 1. The molecule has 0 radical (unpaired) electrons. The highest BCUT2D eigenvalue weighted by molar-refractivity contribution is 9.10. The molecule has 1 amide bonds. The van der Waals surface area contributed by atoms with E-state index >= 15 is 0 Å². The lowest BCUT2D eigenvalue weighted by molar-refractivity contribution is -0.123. The van der Waals surface area contributed by atoms with Gasteiger partial charge in [0.2, 0.25) is 0 Å². The van der Waals surface area contributed by atoms with Crippen molar-refractivity contribution in [3.05, 3.63) is 44.6 Å². The van der Waals surface area contributed by atoms with Gasteiger partial charge in [-0.3, -0.25) is 9.69 Å². The van der Waals surface area contributed by atoms with Gasteiger partial charge < -0.3 is 14.8 Å². The summed E-state index contributed by atoms with van der Waals surface area (Å²) in [5.41, 5.74) is 1.66. The second kappa shape index (κ2) is 11.8. The second-order valence-electron chi connectivity index (χ2n) is 6.22. The molecule has 0 fully saturated rings. The highest BCUT2D eigenvalue weighted by atomic mass is 79.9. The largest absolute Gasteiger partial charge is 0.490 e. The van der Waals surface area contributed by atoms with Crippen LogP contribution in [0.1, 0.15) is 37.9 Å². The molecule has 156 valence electrons. The van der Waals surface area contributed by atoms with E-state index in [1.807, 2.05) is 6.92 Å². The normalized spacial score (nSPS) is 11.7. The number of carbonyl (C=O) groups excluding carboxylic acids is 1. The average Bonchev–Trinajstić information content (AvgIpc) is 3.24. The van der Waals surface area contributed by atoms with Crippen molar-refractivity contribution >= 4 is 33.2 Å². The average molecular weight is 480 g/mol. The maximum atomic E-state index is 12.4. The highest BCUT2D eigenvalue weighted by Gasteiger charge is 2.20. The van der Waals surface area contributed by atoms with Crippen LogP contribution in [0.3, 0.4) is 0 Å². The van der Waals surface area contributed by atoms with E-state index in [0.29, 0.717) is 34.7 Å². The van der Waals surface area contributed by atoms with Gasteiger partial charge in [0.1, 0.15) is 0 Å². The van der Waals surface area contributed by atoms with Crippen LogP contribution in [0.2, 0.25) is 0 Å². The number of hydrogen-bond donors (Lipinski definition) is 1. The van der Waals surface area contributed by atoms with Gasteiger partial charge in [0.15, 0.2) is 18.1 Å². The predicted molar refractivity (Wildman–Crippen MR) is 119 cm³/mol. The summed E-state index contributed by atoms with van der Waals surface area (Å²) >= 11 is 5.04. The molecule has 1 atom stereocenters. The molecular weight excluding hydrogens is 454 g/mol. The number of halogens is 1. The Kier molecular flexibility index (Phi) is 9.45. The monoisotopic (exact) mass is 479 g/mol. The first-order valence-corrected chi connectivity index (χ1v) is 11.3. The standard InChI is InChI=1S/C21H26BrN3O3S/c1-4-25(5-2)18(16-7-8-29-14-16)12-24-20(26)13-28-21-17(22)9-15(11-23)10-19(21)27-6-3/h7-10,14,18H,4-6,12-13H2,1-3H3,(H,24,26). The van der Waals surface area contributed by atoms with Crippen molar-refractivity contribution in [1.82, 2.24) is 10.2 Å². The number of ether oxygens (including phenoxy) is 2. The molecule has 1 aromatic heterocycles. The van der Waals surface area contributed by atoms with E-state index in [0.717, 1.165) is 13.1 Å². The first-order chi connectivity index (χ1) is 14.0. The Morgan fingerprint density at radius 1 is 1.31 bits per heavy atom. The van der Waals surface area contributed by atoms with Crippen LogP contribution >= 0.6 is 27.3 Å². The first kappa shape index (κ1) is 23.2. The summed E-state index contributed by atoms with van der Waals surface area (Å²) < 4.78 is 11.8. The zero-order valence-electron chi connectivity index (χ0n) is 16.9. The number of nitriles is 1. The molecule has 0 saturated heterocycles. The minimum atomic E-state index is -0.212. The molecule has 2 aromatic rings. The van der Waals surface area contributed by atoms with Crippen LogP contribution in [0.25, 0.3) is 0 Å². The van der Waals surface area contributed by atoms with Crippen molar-refractivity contribution in [2.24, 2.45) is 0 Å². The fourth-order valence-corrected chi connectivity index (χ4v) is 4.29. The van der Waals surface area contributed by atoms with Gasteiger partial charge in [-0.2, -0.15) is 16.6 Å². The molecule has 8 heteroatoms. The number of benzene rings is 1. The van der Waals surface area contributed by atoms with Crippen molar-refractivity contribution < 1.29 is 14.3 Å². The third-order valence-electron chi connectivity index (χ3n) is 4.46. The van der Waals surface area contributed by atoms with Crippen LogP contribution in [0.5, 0.6) is 11.5 Å². The first-order valence-electron chi connectivity index (χ1n) is 9.56. The topological polar surface area (TPSA) is 74.6 Å². The van der Waals surface area contributed by atoms with E-state index < -0.39 is 0 Å². The lowest BCUT2D eigenvalue weighted by Crippen LogP contribution is -2.39. The molecule has 29 heavy (non-hydrogen) atoms. The van der Waals surface area contributed by atoms with E-state index in [1.165, 1.54) is 5.56 Å². The van der Waals surface area contributed by atoms with Crippen LogP contribution in [-0.2, 0) is 4.79 Å². The van der Waals surface area contributed by atoms with Gasteiger partial charge in [0.05, 0.1) is 28.8 Å². The number of carbonyl (C=O) groups is 1. The summed E-state index contributed by atoms with van der Waals surface area (Å²) in [6.07, 6.45) is 0. The number of rotatable bonds is 11. The summed E-state index contributed by atoms with van der Waals surface area (Å²) in [5.74, 6) is 0.640. The molecule has 0 aliphatic rings. The highest BCUT2D eigenvalue weighted by Crippen LogP contribution is 2.36. The summed E-state index contributed by atoms with van der Waals surface area (Å²) in [5, 5.41) is 16.3. The van der Waals surface area contributed by atoms with Crippen molar-refractivity contribution in [1.29, 1.82) is 5.26 Å². The predicted octanol–water partition coefficient (Wildman–Crippen LogP) is 4.36. The summed E-state index contributed by atoms with van der Waals surface area (Å²) in [6, 6.07) is 7.55. The van der Waals surface area contributed by atoms with Crippen LogP contribution < -0.4 is 14.8 Å². The van der Waals surface area contributed by atoms with E-state index in [4.69, 9.17) is 14.7 Å². The summed E-state index contributed by atoms with van der Waals surface area (Å²) in [6.45, 7) is 8.68. The molecule has 1 unspecified atom stereocenters. The molecule has 0 bridgehead atoms. The zero-order chi connectivity index (χ0) is 21.2. The van der Waals surface area contributed by atoms with Crippen LogP contribution in [0, 0.1) is 11.3 Å². The van der Waals surface area contributed by atoms with Gasteiger partial charge in [-0.1, -0.05) is 13.8 Å². The van der Waals surface area contributed by atoms with E-state index in [-0.39, 0.29) is 18.6 Å². The Labute approximate surface area is 184 Å². The van der Waals surface area contributed by atoms with Crippen molar-refractivity contribution in [2.45, 2.75) is 26.8 Å². The minimum Gasteiger partial charge on any atom is -0.490 e. The summed E-state index contributed by atoms with van der Waals surface area (Å²) in [7, 11) is 0. The molecule has 0 aliphatic heterocycles. The Balaban J connectivity index is 2.01. The fraction of sp³-hybridized carbons (Fsp3) is 0.429. The molecule has 1 heterocycles. The molecule has 6 nitrogen and oxygen atoms in total. The Morgan fingerprint density at radius 2 is 2.07 bits per heavy atom. The quantitative estimate of drug-likeness (QED) is 0.518. The second-order valence-corrected chi connectivity index (χ2v) is 7.85. The molecular formula is C21H26BrN3O3S. The van der Waals surface area contributed by atoms with E-state index in [2.05, 4.69) is 62.9 Å². The maximum Gasteiger partial charge on any atom is 0.258 e. The molecule has 0 aliphatic carbocycles. The van der Waals surface area contributed by atoms with Crippen molar-refractivity contribution in [3.63, 3.8) is 0 Å². The molecule has 0 saturated carbocycles. The van der Waals surface area contributed by atoms with Gasteiger partial charge in [-0.25, -0.2) is 0 Å². The molecule has 1 N–H and O–H groups in total. The lowest BCUT2D eigenvalue weighted by atomic mass is 10.1. The number of amides is 1. The third-order valence-corrected chi connectivity index (χ3v) is 5.75. The maximum absolute atomic E-state index is 12.4. The fourth-order valence-electron chi connectivity index (χ4n) is 3.02. The number of hydrogen-bond acceptors (Lipinski definition) is 6. The van der Waals surface area contributed by atoms with Crippen LogP contribution in [0.15, 0.2) is 33.4 Å². The van der Waals surface area contributed by atoms with Gasteiger partial charge >= 0.3 is 0 Å². The molecule has 0 spiro atoms. The lowest BCUT2D eigenvalue weighted by Gasteiger charge is -2.29. The molecule has 2 rings (SSSR count). The van der Waals surface area contributed by atoms with E-state index in [9.17, 15) is 4.79 Å². The van der Waals surface area contributed by atoms with Crippen LogP contribution in [0.4, 0.5) is 0 Å². The number of likely N-dealkylation sites (N-methyl/N-ethyl adjacent to an activating group) is 1. The number of nitrogens with one attached hydrogen (secondary N) is 1. The third kappa shape index (κ3) is 6.46. The number of nitrogens with zero attached hydrogens (tertiary/aromatic N) is 2. The Morgan fingerprint density at radius 3 is 2.66 bits per heavy atom.